The maximum absolute atomic E-state index is 13.0. The number of sulfone groups is 1. The third kappa shape index (κ3) is 2.49. The highest BCUT2D eigenvalue weighted by Crippen LogP contribution is 2.32. The number of nitrogens with zero attached hydrogens (tertiary/aromatic N) is 3. The number of fused-ring (bicyclic) bond motifs is 1. The molecule has 2 heterocycles. The molecule has 0 amide bonds. The molecule has 0 aliphatic carbocycles. The first-order chi connectivity index (χ1) is 10.8. The molecule has 0 aliphatic heterocycles. The van der Waals surface area contributed by atoms with Crippen molar-refractivity contribution in [3.63, 3.8) is 0 Å². The Morgan fingerprint density at radius 2 is 2.04 bits per heavy atom. The van der Waals surface area contributed by atoms with Gasteiger partial charge in [-0.3, -0.25) is 0 Å². The van der Waals surface area contributed by atoms with E-state index in [-0.39, 0.29) is 21.3 Å². The monoisotopic (exact) mass is 351 g/mol. The van der Waals surface area contributed by atoms with Gasteiger partial charge in [-0.05, 0) is 25.1 Å². The van der Waals surface area contributed by atoms with Crippen molar-refractivity contribution < 1.29 is 8.42 Å². The number of anilines is 2. The predicted octanol–water partition coefficient (Wildman–Crippen LogP) is 2.15. The molecule has 3 rings (SSSR count). The summed E-state index contributed by atoms with van der Waals surface area (Å²) in [5.74, 6) is 0.478. The fourth-order valence-corrected chi connectivity index (χ4v) is 4.11. The van der Waals surface area contributed by atoms with Crippen LogP contribution >= 0.6 is 11.6 Å². The molecule has 1 aromatic carbocycles. The third-order valence-corrected chi connectivity index (χ3v) is 5.34. The Kier molecular flexibility index (Phi) is 3.65. The second kappa shape index (κ2) is 5.39. The Hall–Kier alpha value is -2.32. The van der Waals surface area contributed by atoms with Gasteiger partial charge in [0.05, 0.1) is 4.90 Å². The average Bonchev–Trinajstić information content (AvgIpc) is 2.86. The van der Waals surface area contributed by atoms with E-state index in [9.17, 15) is 8.42 Å². The number of nitrogens with two attached hydrogens (primary N) is 1. The highest BCUT2D eigenvalue weighted by Gasteiger charge is 2.29. The molecule has 2 aromatic heterocycles. The van der Waals surface area contributed by atoms with Crippen LogP contribution in [0.25, 0.3) is 5.65 Å². The summed E-state index contributed by atoms with van der Waals surface area (Å²) in [4.78, 5) is 4.33. The number of aryl methyl sites for hydroxylation is 1. The van der Waals surface area contributed by atoms with Crippen LogP contribution in [0.3, 0.4) is 0 Å². The molecule has 7 nitrogen and oxygen atoms in total. The fourth-order valence-electron chi connectivity index (χ4n) is 2.31. The van der Waals surface area contributed by atoms with Crippen molar-refractivity contribution in [2.75, 3.05) is 18.1 Å². The summed E-state index contributed by atoms with van der Waals surface area (Å²) >= 11 is 5.92. The van der Waals surface area contributed by atoms with Crippen LogP contribution in [0.2, 0.25) is 5.02 Å². The van der Waals surface area contributed by atoms with E-state index in [1.165, 1.54) is 16.6 Å². The van der Waals surface area contributed by atoms with Crippen molar-refractivity contribution in [3.05, 3.63) is 41.0 Å². The quantitative estimate of drug-likeness (QED) is 0.749. The first kappa shape index (κ1) is 15.6. The lowest BCUT2D eigenvalue weighted by atomic mass is 10.4. The summed E-state index contributed by atoms with van der Waals surface area (Å²) in [5.41, 5.74) is 6.69. The number of benzene rings is 1. The zero-order valence-corrected chi connectivity index (χ0v) is 14.0. The van der Waals surface area contributed by atoms with E-state index in [1.54, 1.807) is 32.2 Å². The molecule has 0 radical (unpaired) electrons. The molecule has 0 atom stereocenters. The van der Waals surface area contributed by atoms with Crippen molar-refractivity contribution in [1.29, 1.82) is 0 Å². The number of aromatic nitrogens is 3. The second-order valence-electron chi connectivity index (χ2n) is 4.95. The van der Waals surface area contributed by atoms with Gasteiger partial charge in [0.1, 0.15) is 5.82 Å². The van der Waals surface area contributed by atoms with E-state index in [4.69, 9.17) is 17.3 Å². The molecule has 3 aromatic rings. The summed E-state index contributed by atoms with van der Waals surface area (Å²) in [6.45, 7) is 1.73. The Balaban J connectivity index is 2.39. The van der Waals surface area contributed by atoms with Crippen LogP contribution in [-0.4, -0.2) is 30.1 Å². The number of hydrogen-bond donors (Lipinski definition) is 2. The van der Waals surface area contributed by atoms with Crippen molar-refractivity contribution in [3.8, 4) is 0 Å². The Labute approximate surface area is 138 Å². The van der Waals surface area contributed by atoms with Gasteiger partial charge in [-0.2, -0.15) is 4.52 Å². The van der Waals surface area contributed by atoms with Gasteiger partial charge in [-0.25, -0.2) is 13.4 Å². The number of nitrogen functional groups attached to an aromatic ring is 1. The summed E-state index contributed by atoms with van der Waals surface area (Å²) < 4.78 is 27.4. The highest BCUT2D eigenvalue weighted by atomic mass is 35.5. The molecule has 0 spiro atoms. The minimum atomic E-state index is -3.87. The Morgan fingerprint density at radius 3 is 2.70 bits per heavy atom. The van der Waals surface area contributed by atoms with Gasteiger partial charge < -0.3 is 11.1 Å². The standard InChI is InChI=1S/C14H14ClN5O2S/c1-8-6-11(16)20-14(18-8)12(13(17-2)19-20)23(21,22)10-5-3-4-9(15)7-10/h3-7H,16H2,1-2H3,(H,17,19). The van der Waals surface area contributed by atoms with Gasteiger partial charge >= 0.3 is 0 Å². The molecule has 23 heavy (non-hydrogen) atoms. The molecule has 120 valence electrons. The van der Waals surface area contributed by atoms with Gasteiger partial charge in [-0.15, -0.1) is 5.10 Å². The maximum Gasteiger partial charge on any atom is 0.214 e. The molecule has 0 bridgehead atoms. The Bertz CT molecular complexity index is 1010. The molecule has 0 saturated carbocycles. The first-order valence-electron chi connectivity index (χ1n) is 6.69. The second-order valence-corrected chi connectivity index (χ2v) is 7.27. The number of hydrogen-bond acceptors (Lipinski definition) is 6. The molecular weight excluding hydrogens is 338 g/mol. The number of nitrogens with one attached hydrogen (secondary N) is 1. The molecular formula is C14H14ClN5O2S. The molecule has 0 unspecified atom stereocenters. The Morgan fingerprint density at radius 1 is 1.30 bits per heavy atom. The average molecular weight is 352 g/mol. The fraction of sp³-hybridized carbons (Fsp3) is 0.143. The molecule has 0 aliphatic rings. The van der Waals surface area contributed by atoms with E-state index >= 15 is 0 Å². The van der Waals surface area contributed by atoms with E-state index in [1.807, 2.05) is 0 Å². The molecule has 0 fully saturated rings. The highest BCUT2D eigenvalue weighted by molar-refractivity contribution is 7.91. The van der Waals surface area contributed by atoms with Crippen molar-refractivity contribution in [2.45, 2.75) is 16.7 Å². The minimum Gasteiger partial charge on any atom is -0.384 e. The van der Waals surface area contributed by atoms with E-state index in [0.29, 0.717) is 16.5 Å². The van der Waals surface area contributed by atoms with Gasteiger partial charge in [0.15, 0.2) is 16.4 Å². The van der Waals surface area contributed by atoms with Crippen LogP contribution in [0, 0.1) is 6.92 Å². The largest absolute Gasteiger partial charge is 0.384 e. The van der Waals surface area contributed by atoms with Crippen LogP contribution in [-0.2, 0) is 9.84 Å². The molecule has 9 heteroatoms. The van der Waals surface area contributed by atoms with Crippen molar-refractivity contribution in [1.82, 2.24) is 14.6 Å². The summed E-state index contributed by atoms with van der Waals surface area (Å²) in [6.07, 6.45) is 0. The van der Waals surface area contributed by atoms with Gasteiger partial charge in [0.25, 0.3) is 0 Å². The summed E-state index contributed by atoms with van der Waals surface area (Å²) in [7, 11) is -2.28. The van der Waals surface area contributed by atoms with Crippen LogP contribution < -0.4 is 11.1 Å². The number of rotatable bonds is 3. The van der Waals surface area contributed by atoms with Crippen LogP contribution in [0.15, 0.2) is 40.1 Å². The topological polar surface area (TPSA) is 102 Å². The van der Waals surface area contributed by atoms with Gasteiger partial charge in [0.2, 0.25) is 9.84 Å². The van der Waals surface area contributed by atoms with Crippen LogP contribution in [0.1, 0.15) is 5.69 Å². The van der Waals surface area contributed by atoms with Crippen molar-refractivity contribution in [2.24, 2.45) is 0 Å². The third-order valence-electron chi connectivity index (χ3n) is 3.31. The zero-order chi connectivity index (χ0) is 16.8. The minimum absolute atomic E-state index is 0.0299. The molecule has 3 N–H and O–H groups in total. The normalized spacial score (nSPS) is 11.8. The SMILES string of the molecule is CNc1nn2c(N)cc(C)nc2c1S(=O)(=O)c1cccc(Cl)c1. The molecule has 0 saturated heterocycles. The van der Waals surface area contributed by atoms with Crippen LogP contribution in [0.5, 0.6) is 0 Å². The maximum atomic E-state index is 13.0. The lowest BCUT2D eigenvalue weighted by Crippen LogP contribution is -2.06. The number of halogens is 1. The summed E-state index contributed by atoms with van der Waals surface area (Å²) in [6, 6.07) is 7.67. The predicted molar refractivity (Wildman–Crippen MR) is 88.6 cm³/mol. The smallest absolute Gasteiger partial charge is 0.214 e. The first-order valence-corrected chi connectivity index (χ1v) is 8.55. The van der Waals surface area contributed by atoms with Crippen molar-refractivity contribution >= 4 is 38.7 Å². The van der Waals surface area contributed by atoms with Crippen LogP contribution in [0.4, 0.5) is 11.6 Å². The van der Waals surface area contributed by atoms with Gasteiger partial charge in [-0.1, -0.05) is 17.7 Å². The van der Waals surface area contributed by atoms with E-state index in [0.717, 1.165) is 0 Å². The van der Waals surface area contributed by atoms with Gasteiger partial charge in [0, 0.05) is 23.8 Å². The van der Waals surface area contributed by atoms with E-state index in [2.05, 4.69) is 15.4 Å². The van der Waals surface area contributed by atoms with E-state index < -0.39 is 9.84 Å². The zero-order valence-electron chi connectivity index (χ0n) is 12.4. The lowest BCUT2D eigenvalue weighted by molar-refractivity contribution is 0.597. The lowest BCUT2D eigenvalue weighted by Gasteiger charge is -2.06. The summed E-state index contributed by atoms with van der Waals surface area (Å²) in [5, 5.41) is 7.31.